The molecule has 0 saturated carbocycles. The Kier molecular flexibility index (Phi) is 4.69. The molecule has 0 aliphatic carbocycles. The van der Waals surface area contributed by atoms with Crippen molar-refractivity contribution in [3.63, 3.8) is 0 Å². The Hall–Kier alpha value is -0.460. The van der Waals surface area contributed by atoms with E-state index in [1.807, 2.05) is 0 Å². The van der Waals surface area contributed by atoms with Gasteiger partial charge in [-0.25, -0.2) is 17.1 Å². The van der Waals surface area contributed by atoms with Crippen LogP contribution in [0.3, 0.4) is 0 Å². The zero-order valence-corrected chi connectivity index (χ0v) is 12.4. The highest BCUT2D eigenvalue weighted by atomic mass is 79.9. The summed E-state index contributed by atoms with van der Waals surface area (Å²) in [7, 11) is -2.03. The number of benzene rings is 1. The fourth-order valence-corrected chi connectivity index (χ4v) is 4.04. The van der Waals surface area contributed by atoms with Crippen molar-refractivity contribution >= 4 is 26.0 Å². The molecule has 0 aliphatic rings. The summed E-state index contributed by atoms with van der Waals surface area (Å²) in [4.78, 5) is 0.197. The zero-order valence-electron chi connectivity index (χ0n) is 10.00. The van der Waals surface area contributed by atoms with Gasteiger partial charge in [-0.05, 0) is 37.1 Å². The van der Waals surface area contributed by atoms with Crippen LogP contribution in [0.2, 0.25) is 0 Å². The summed E-state index contributed by atoms with van der Waals surface area (Å²) >= 11 is 3.20. The maximum atomic E-state index is 13.1. The Morgan fingerprint density at radius 1 is 1.29 bits per heavy atom. The van der Waals surface area contributed by atoms with Crippen molar-refractivity contribution in [2.24, 2.45) is 0 Å². The van der Waals surface area contributed by atoms with Gasteiger partial charge in [0.25, 0.3) is 0 Å². The van der Waals surface area contributed by atoms with Gasteiger partial charge in [0.2, 0.25) is 10.0 Å². The second-order valence-corrected chi connectivity index (χ2v) is 6.66. The van der Waals surface area contributed by atoms with Crippen molar-refractivity contribution in [3.8, 4) is 0 Å². The van der Waals surface area contributed by atoms with Gasteiger partial charge < -0.3 is 0 Å². The van der Waals surface area contributed by atoms with Crippen LogP contribution in [0.25, 0.3) is 0 Å². The van der Waals surface area contributed by atoms with Gasteiger partial charge in [-0.1, -0.05) is 15.9 Å². The summed E-state index contributed by atoms with van der Waals surface area (Å²) in [5, 5.41) is 0.558. The zero-order chi connectivity index (χ0) is 13.2. The van der Waals surface area contributed by atoms with Gasteiger partial charge in [-0.15, -0.1) is 0 Å². The molecule has 0 radical (unpaired) electrons. The van der Waals surface area contributed by atoms with Gasteiger partial charge in [0.1, 0.15) is 5.82 Å². The van der Waals surface area contributed by atoms with Crippen molar-refractivity contribution in [1.82, 2.24) is 4.31 Å². The molecule has 0 atom stereocenters. The minimum absolute atomic E-state index is 0.197. The Bertz CT molecular complexity index is 493. The van der Waals surface area contributed by atoms with Gasteiger partial charge >= 0.3 is 0 Å². The summed E-state index contributed by atoms with van der Waals surface area (Å²) in [6, 6.07) is 2.48. The summed E-state index contributed by atoms with van der Waals surface area (Å²) in [6.45, 7) is 3.58. The minimum atomic E-state index is -3.54. The Balaban J connectivity index is 3.34. The molecule has 0 spiro atoms. The molecular weight excluding hydrogens is 309 g/mol. The number of rotatable bonds is 4. The fraction of sp³-hybridized carbons (Fsp3) is 0.455. The molecule has 0 bridgehead atoms. The Morgan fingerprint density at radius 2 is 1.76 bits per heavy atom. The molecule has 1 aromatic rings. The summed E-state index contributed by atoms with van der Waals surface area (Å²) in [5.74, 6) is -0.415. The van der Waals surface area contributed by atoms with E-state index in [9.17, 15) is 12.8 Å². The fourth-order valence-electron chi connectivity index (χ4n) is 1.70. The Morgan fingerprint density at radius 3 is 2.18 bits per heavy atom. The molecule has 3 nitrogen and oxygen atoms in total. The van der Waals surface area contributed by atoms with Crippen LogP contribution in [-0.2, 0) is 10.0 Å². The standard InChI is InChI=1S/C11H15BrFNO2S/c1-8-6-10(13)7-9(2)11(8)17(15,16)14(3)5-4-12/h6-7H,4-5H2,1-3H3. The SMILES string of the molecule is Cc1cc(F)cc(C)c1S(=O)(=O)N(C)CCBr. The molecule has 96 valence electrons. The van der Waals surface area contributed by atoms with Gasteiger partial charge in [0, 0.05) is 18.9 Å². The third kappa shape index (κ3) is 3.05. The first-order chi connectivity index (χ1) is 7.80. The van der Waals surface area contributed by atoms with Crippen LogP contribution in [0.4, 0.5) is 4.39 Å². The average Bonchev–Trinajstić information content (AvgIpc) is 2.15. The van der Waals surface area contributed by atoms with E-state index in [2.05, 4.69) is 15.9 Å². The molecule has 0 saturated heterocycles. The number of alkyl halides is 1. The highest BCUT2D eigenvalue weighted by molar-refractivity contribution is 9.09. The van der Waals surface area contributed by atoms with Crippen LogP contribution in [0, 0.1) is 19.7 Å². The third-order valence-corrected chi connectivity index (χ3v) is 5.01. The predicted molar refractivity (Wildman–Crippen MR) is 69.5 cm³/mol. The van der Waals surface area contributed by atoms with Gasteiger partial charge in [-0.3, -0.25) is 0 Å². The second-order valence-electron chi connectivity index (χ2n) is 3.88. The minimum Gasteiger partial charge on any atom is -0.207 e. The molecule has 6 heteroatoms. The molecule has 0 amide bonds. The number of hydrogen-bond donors (Lipinski definition) is 0. The highest BCUT2D eigenvalue weighted by Gasteiger charge is 2.24. The van der Waals surface area contributed by atoms with Crippen molar-refractivity contribution in [2.45, 2.75) is 18.7 Å². The molecule has 1 aromatic carbocycles. The summed E-state index contributed by atoms with van der Waals surface area (Å²) in [6.07, 6.45) is 0. The number of nitrogens with zero attached hydrogens (tertiary/aromatic N) is 1. The lowest BCUT2D eigenvalue weighted by Crippen LogP contribution is -2.29. The van der Waals surface area contributed by atoms with Crippen molar-refractivity contribution in [1.29, 1.82) is 0 Å². The lowest BCUT2D eigenvalue weighted by molar-refractivity contribution is 0.488. The van der Waals surface area contributed by atoms with E-state index in [1.165, 1.54) is 23.5 Å². The molecule has 17 heavy (non-hydrogen) atoms. The number of hydrogen-bond acceptors (Lipinski definition) is 2. The number of sulfonamides is 1. The van der Waals surface area contributed by atoms with E-state index in [-0.39, 0.29) is 4.90 Å². The van der Waals surface area contributed by atoms with Crippen molar-refractivity contribution in [2.75, 3.05) is 18.9 Å². The van der Waals surface area contributed by atoms with E-state index in [1.54, 1.807) is 13.8 Å². The first-order valence-electron chi connectivity index (χ1n) is 5.09. The first kappa shape index (κ1) is 14.6. The Labute approximate surface area is 110 Å². The highest BCUT2D eigenvalue weighted by Crippen LogP contribution is 2.24. The second kappa shape index (κ2) is 5.46. The van der Waals surface area contributed by atoms with Gasteiger partial charge in [0.05, 0.1) is 4.90 Å². The molecule has 0 fully saturated rings. The van der Waals surface area contributed by atoms with Crippen LogP contribution >= 0.6 is 15.9 Å². The topological polar surface area (TPSA) is 37.4 Å². The van der Waals surface area contributed by atoms with Crippen LogP contribution in [-0.4, -0.2) is 31.6 Å². The predicted octanol–water partition coefficient (Wildman–Crippen LogP) is 2.46. The van der Waals surface area contributed by atoms with E-state index < -0.39 is 15.8 Å². The van der Waals surface area contributed by atoms with E-state index in [0.717, 1.165) is 0 Å². The number of aryl methyl sites for hydroxylation is 2. The number of halogens is 2. The lowest BCUT2D eigenvalue weighted by Gasteiger charge is -2.19. The van der Waals surface area contributed by atoms with Crippen LogP contribution < -0.4 is 0 Å². The molecule has 0 heterocycles. The molecule has 0 aliphatic heterocycles. The first-order valence-corrected chi connectivity index (χ1v) is 7.66. The normalized spacial score (nSPS) is 12.1. The van der Waals surface area contributed by atoms with Crippen LogP contribution in [0.1, 0.15) is 11.1 Å². The summed E-state index contributed by atoms with van der Waals surface area (Å²) in [5.41, 5.74) is 0.868. The third-order valence-electron chi connectivity index (χ3n) is 2.49. The molecular formula is C11H15BrFNO2S. The van der Waals surface area contributed by atoms with Crippen LogP contribution in [0.15, 0.2) is 17.0 Å². The maximum absolute atomic E-state index is 13.1. The van der Waals surface area contributed by atoms with E-state index in [4.69, 9.17) is 0 Å². The largest absolute Gasteiger partial charge is 0.243 e. The van der Waals surface area contributed by atoms with E-state index in [0.29, 0.717) is 23.0 Å². The van der Waals surface area contributed by atoms with E-state index >= 15 is 0 Å². The molecule has 1 rings (SSSR count). The lowest BCUT2D eigenvalue weighted by atomic mass is 10.1. The maximum Gasteiger partial charge on any atom is 0.243 e. The molecule has 0 unspecified atom stereocenters. The van der Waals surface area contributed by atoms with Crippen molar-refractivity contribution < 1.29 is 12.8 Å². The molecule has 0 aromatic heterocycles. The average molecular weight is 324 g/mol. The van der Waals surface area contributed by atoms with Crippen LogP contribution in [0.5, 0.6) is 0 Å². The van der Waals surface area contributed by atoms with Gasteiger partial charge in [-0.2, -0.15) is 0 Å². The molecule has 0 N–H and O–H groups in total. The summed E-state index contributed by atoms with van der Waals surface area (Å²) < 4.78 is 38.9. The van der Waals surface area contributed by atoms with Crippen molar-refractivity contribution in [3.05, 3.63) is 29.1 Å². The quantitative estimate of drug-likeness (QED) is 0.798. The monoisotopic (exact) mass is 323 g/mol. The van der Waals surface area contributed by atoms with Gasteiger partial charge in [0.15, 0.2) is 0 Å². The smallest absolute Gasteiger partial charge is 0.207 e.